The van der Waals surface area contributed by atoms with Gasteiger partial charge in [-0.2, -0.15) is 5.10 Å². The highest BCUT2D eigenvalue weighted by Gasteiger charge is 2.46. The summed E-state index contributed by atoms with van der Waals surface area (Å²) in [6.45, 7) is 3.60. The zero-order valence-corrected chi connectivity index (χ0v) is 18.0. The summed E-state index contributed by atoms with van der Waals surface area (Å²) in [6, 6.07) is 19.7. The summed E-state index contributed by atoms with van der Waals surface area (Å²) >= 11 is 0. The molecule has 0 aliphatic carbocycles. The second kappa shape index (κ2) is 7.59. The number of rotatable bonds is 5. The lowest BCUT2D eigenvalue weighted by molar-refractivity contribution is -0.0505. The van der Waals surface area contributed by atoms with Gasteiger partial charge < -0.3 is 9.64 Å². The largest absolute Gasteiger partial charge is 0.361 e. The molecule has 1 N–H and O–H groups in total. The van der Waals surface area contributed by atoms with Gasteiger partial charge in [-0.1, -0.05) is 43.3 Å². The lowest BCUT2D eigenvalue weighted by atomic mass is 9.76. The fourth-order valence-electron chi connectivity index (χ4n) is 4.95. The van der Waals surface area contributed by atoms with Crippen LogP contribution in [0.15, 0.2) is 66.9 Å². The molecule has 0 amide bonds. The molecule has 158 valence electrons. The molecular weight excluding hydrogens is 389 g/mol. The third-order valence-electron chi connectivity index (χ3n) is 6.34. The number of ether oxygens (including phenoxy) is 1. The molecule has 0 saturated carbocycles. The Morgan fingerprint density at radius 1 is 1.06 bits per heavy atom. The van der Waals surface area contributed by atoms with E-state index in [4.69, 9.17) is 4.74 Å². The van der Waals surface area contributed by atoms with Gasteiger partial charge in [0.25, 0.3) is 0 Å². The van der Waals surface area contributed by atoms with E-state index in [9.17, 15) is 4.39 Å². The van der Waals surface area contributed by atoms with Gasteiger partial charge in [0.1, 0.15) is 11.4 Å². The average Bonchev–Trinajstić information content (AvgIpc) is 3.38. The minimum atomic E-state index is -0.598. The molecule has 5 heteroatoms. The number of fused-ring (bicyclic) bond motifs is 2. The number of nitrogens with zero attached hydrogens (tertiary/aromatic N) is 2. The molecule has 31 heavy (non-hydrogen) atoms. The van der Waals surface area contributed by atoms with Crippen LogP contribution in [0.5, 0.6) is 0 Å². The number of H-pyrrole nitrogens is 1. The van der Waals surface area contributed by atoms with Crippen molar-refractivity contribution in [3.63, 3.8) is 0 Å². The quantitative estimate of drug-likeness (QED) is 0.478. The van der Waals surface area contributed by atoms with E-state index in [0.29, 0.717) is 6.61 Å². The highest BCUT2D eigenvalue weighted by Crippen LogP contribution is 2.48. The summed E-state index contributed by atoms with van der Waals surface area (Å²) in [4.78, 5) is 2.17. The van der Waals surface area contributed by atoms with Gasteiger partial charge in [0, 0.05) is 17.8 Å². The zero-order chi connectivity index (χ0) is 21.6. The number of nitrogens with one attached hydrogen (secondary N) is 1. The summed E-state index contributed by atoms with van der Waals surface area (Å²) in [5, 5.41) is 8.26. The van der Waals surface area contributed by atoms with Crippen molar-refractivity contribution in [3.05, 3.63) is 89.4 Å². The van der Waals surface area contributed by atoms with Crippen LogP contribution in [0.25, 0.3) is 22.0 Å². The van der Waals surface area contributed by atoms with Crippen molar-refractivity contribution >= 4 is 10.9 Å². The van der Waals surface area contributed by atoms with E-state index in [1.165, 1.54) is 23.3 Å². The summed E-state index contributed by atoms with van der Waals surface area (Å²) in [7, 11) is 4.14. The van der Waals surface area contributed by atoms with E-state index < -0.39 is 5.60 Å². The molecule has 1 aliphatic rings. The number of aromatic amines is 1. The van der Waals surface area contributed by atoms with Gasteiger partial charge in [0.15, 0.2) is 0 Å². The molecule has 3 aromatic carbocycles. The minimum Gasteiger partial charge on any atom is -0.361 e. The van der Waals surface area contributed by atoms with Crippen molar-refractivity contribution in [1.29, 1.82) is 0 Å². The van der Waals surface area contributed by atoms with Crippen molar-refractivity contribution in [3.8, 4) is 11.1 Å². The fraction of sp³-hybridized carbons (Fsp3) is 0.269. The molecule has 4 aromatic rings. The van der Waals surface area contributed by atoms with Crippen LogP contribution in [0.4, 0.5) is 4.39 Å². The number of aromatic nitrogens is 2. The first-order valence-electron chi connectivity index (χ1n) is 10.6. The molecular formula is C26H26FN3O. The number of hydrogen-bond donors (Lipinski definition) is 1. The smallest absolute Gasteiger partial charge is 0.123 e. The minimum absolute atomic E-state index is 0.182. The van der Waals surface area contributed by atoms with Gasteiger partial charge in [-0.05, 0) is 66.2 Å². The van der Waals surface area contributed by atoms with E-state index in [1.807, 2.05) is 18.3 Å². The van der Waals surface area contributed by atoms with Crippen LogP contribution >= 0.6 is 0 Å². The van der Waals surface area contributed by atoms with E-state index >= 15 is 0 Å². The molecule has 1 aliphatic heterocycles. The molecule has 5 rings (SSSR count). The molecule has 0 saturated heterocycles. The predicted molar refractivity (Wildman–Crippen MR) is 121 cm³/mol. The first-order chi connectivity index (χ1) is 15.0. The lowest BCUT2D eigenvalue weighted by Crippen LogP contribution is -2.40. The Balaban J connectivity index is 1.60. The Bertz CT molecular complexity index is 1230. The van der Waals surface area contributed by atoms with Crippen molar-refractivity contribution in [1.82, 2.24) is 15.1 Å². The highest BCUT2D eigenvalue weighted by molar-refractivity contribution is 5.84. The Labute approximate surface area is 181 Å². The Hall–Kier alpha value is -3.02. The highest BCUT2D eigenvalue weighted by atomic mass is 19.1. The van der Waals surface area contributed by atoms with Crippen LogP contribution < -0.4 is 0 Å². The third-order valence-corrected chi connectivity index (χ3v) is 6.34. The maximum atomic E-state index is 13.7. The number of halogens is 1. The van der Waals surface area contributed by atoms with E-state index in [2.05, 4.69) is 72.5 Å². The topological polar surface area (TPSA) is 41.1 Å². The Morgan fingerprint density at radius 3 is 2.58 bits per heavy atom. The summed E-state index contributed by atoms with van der Waals surface area (Å²) in [5.41, 5.74) is 6.05. The maximum Gasteiger partial charge on any atom is 0.123 e. The monoisotopic (exact) mass is 415 g/mol. The van der Waals surface area contributed by atoms with Gasteiger partial charge in [-0.3, -0.25) is 5.10 Å². The second-order valence-electron chi connectivity index (χ2n) is 8.74. The van der Waals surface area contributed by atoms with Crippen LogP contribution in [0.1, 0.15) is 23.6 Å². The van der Waals surface area contributed by atoms with E-state index in [-0.39, 0.29) is 11.7 Å². The zero-order valence-electron chi connectivity index (χ0n) is 18.0. The molecule has 0 fully saturated rings. The second-order valence-corrected chi connectivity index (χ2v) is 8.74. The number of hydrogen-bond acceptors (Lipinski definition) is 3. The van der Waals surface area contributed by atoms with Crippen LogP contribution in [-0.4, -0.2) is 35.7 Å². The molecule has 0 radical (unpaired) electrons. The summed E-state index contributed by atoms with van der Waals surface area (Å²) < 4.78 is 20.3. The molecule has 0 bridgehead atoms. The SMILES string of the molecule is CC(CN(C)C)C1(c2ccc(F)cc2)OCc2cc(-c3ccc4cn[nH]c4c3)ccc21. The Morgan fingerprint density at radius 2 is 1.81 bits per heavy atom. The first kappa shape index (κ1) is 19.9. The summed E-state index contributed by atoms with van der Waals surface area (Å²) in [6.07, 6.45) is 1.83. The Kier molecular flexibility index (Phi) is 4.88. The molecule has 2 unspecified atom stereocenters. The maximum absolute atomic E-state index is 13.7. The van der Waals surface area contributed by atoms with Gasteiger partial charge in [0.2, 0.25) is 0 Å². The molecule has 4 nitrogen and oxygen atoms in total. The first-order valence-corrected chi connectivity index (χ1v) is 10.6. The van der Waals surface area contributed by atoms with E-state index in [1.54, 1.807) is 0 Å². The normalized spacial score (nSPS) is 19.1. The standard InChI is InChI=1S/C26H26FN3O/c1-17(15-30(2)3)26(22-7-9-23(27)10-8-22)24-11-6-18(12-21(24)16-31-26)19-4-5-20-14-28-29-25(20)13-19/h4-14,17H,15-16H2,1-3H3,(H,28,29). The van der Waals surface area contributed by atoms with Gasteiger partial charge >= 0.3 is 0 Å². The summed E-state index contributed by atoms with van der Waals surface area (Å²) in [5.74, 6) is -0.0525. The van der Waals surface area contributed by atoms with Crippen molar-refractivity contribution in [2.45, 2.75) is 19.1 Å². The number of benzene rings is 3. The van der Waals surface area contributed by atoms with Crippen molar-refractivity contribution < 1.29 is 9.13 Å². The van der Waals surface area contributed by atoms with Crippen LogP contribution in [0.2, 0.25) is 0 Å². The molecule has 1 aromatic heterocycles. The average molecular weight is 416 g/mol. The molecule has 2 heterocycles. The van der Waals surface area contributed by atoms with Crippen LogP contribution in [0, 0.1) is 11.7 Å². The van der Waals surface area contributed by atoms with Gasteiger partial charge in [0.05, 0.1) is 18.3 Å². The van der Waals surface area contributed by atoms with Gasteiger partial charge in [-0.25, -0.2) is 4.39 Å². The van der Waals surface area contributed by atoms with Crippen LogP contribution in [-0.2, 0) is 16.9 Å². The van der Waals surface area contributed by atoms with Crippen LogP contribution in [0.3, 0.4) is 0 Å². The predicted octanol–water partition coefficient (Wildman–Crippen LogP) is 5.34. The fourth-order valence-corrected chi connectivity index (χ4v) is 4.95. The third kappa shape index (κ3) is 3.34. The molecule has 0 spiro atoms. The van der Waals surface area contributed by atoms with E-state index in [0.717, 1.165) is 34.1 Å². The van der Waals surface area contributed by atoms with Crippen molar-refractivity contribution in [2.24, 2.45) is 5.92 Å². The lowest BCUT2D eigenvalue weighted by Gasteiger charge is -2.37. The van der Waals surface area contributed by atoms with Crippen molar-refractivity contribution in [2.75, 3.05) is 20.6 Å². The molecule has 2 atom stereocenters. The van der Waals surface area contributed by atoms with Gasteiger partial charge in [-0.15, -0.1) is 0 Å².